The summed E-state index contributed by atoms with van der Waals surface area (Å²) >= 11 is 2.64. The van der Waals surface area contributed by atoms with Crippen LogP contribution in [0.3, 0.4) is 0 Å². The Bertz CT molecular complexity index is 1470. The summed E-state index contributed by atoms with van der Waals surface area (Å²) in [6.07, 6.45) is 0. The minimum absolute atomic E-state index is 0.161. The number of anilines is 2. The van der Waals surface area contributed by atoms with Gasteiger partial charge in [-0.3, -0.25) is 4.79 Å². The first-order chi connectivity index (χ1) is 16.6. The Morgan fingerprint density at radius 1 is 1.09 bits per heavy atom. The van der Waals surface area contributed by atoms with Gasteiger partial charge >= 0.3 is 0 Å². The summed E-state index contributed by atoms with van der Waals surface area (Å²) in [7, 11) is 1.57. The van der Waals surface area contributed by atoms with Crippen molar-refractivity contribution in [3.63, 3.8) is 0 Å². The number of rotatable bonds is 8. The van der Waals surface area contributed by atoms with Crippen molar-refractivity contribution in [1.29, 1.82) is 0 Å². The Morgan fingerprint density at radius 3 is 2.74 bits per heavy atom. The molecule has 0 fully saturated rings. The van der Waals surface area contributed by atoms with E-state index in [0.29, 0.717) is 33.0 Å². The number of nitrogens with one attached hydrogen (secondary N) is 2. The average molecular weight is 495 g/mol. The van der Waals surface area contributed by atoms with Gasteiger partial charge in [-0.25, -0.2) is 4.39 Å². The number of aromatic nitrogens is 2. The number of para-hydroxylation sites is 1. The van der Waals surface area contributed by atoms with E-state index >= 15 is 0 Å². The molecule has 0 bridgehead atoms. The van der Waals surface area contributed by atoms with Crippen molar-refractivity contribution in [3.8, 4) is 5.75 Å². The smallest absolute Gasteiger partial charge is 0.234 e. The van der Waals surface area contributed by atoms with Crippen molar-refractivity contribution >= 4 is 61.8 Å². The summed E-state index contributed by atoms with van der Waals surface area (Å²) < 4.78 is 25.1. The first-order valence-corrected chi connectivity index (χ1v) is 12.1. The zero-order valence-corrected chi connectivity index (χ0v) is 19.6. The molecule has 0 aliphatic carbocycles. The molecule has 34 heavy (non-hydrogen) atoms. The standard InChI is InChI=1S/C24H19FN4O3S2/c1-31-21-10-17-16-4-2-3-5-19(16)32-20(17)11-18(21)27-22(30)13-33-24-29-28-23(34-24)26-12-14-6-8-15(25)9-7-14/h2-11H,12-13H2,1H3,(H,26,28)(H,27,30). The summed E-state index contributed by atoms with van der Waals surface area (Å²) in [6, 6.07) is 17.7. The molecule has 3 aromatic carbocycles. The highest BCUT2D eigenvalue weighted by molar-refractivity contribution is 8.01. The molecule has 0 aliphatic heterocycles. The molecule has 0 saturated heterocycles. The van der Waals surface area contributed by atoms with Gasteiger partial charge in [0.1, 0.15) is 22.7 Å². The van der Waals surface area contributed by atoms with E-state index in [1.165, 1.54) is 35.2 Å². The summed E-state index contributed by atoms with van der Waals surface area (Å²) in [5, 5.41) is 16.8. The van der Waals surface area contributed by atoms with Gasteiger partial charge in [-0.15, -0.1) is 10.2 Å². The van der Waals surface area contributed by atoms with Gasteiger partial charge < -0.3 is 19.8 Å². The molecule has 0 unspecified atom stereocenters. The maximum absolute atomic E-state index is 13.0. The van der Waals surface area contributed by atoms with Crippen LogP contribution in [0.15, 0.2) is 69.4 Å². The van der Waals surface area contributed by atoms with Crippen LogP contribution < -0.4 is 15.4 Å². The largest absolute Gasteiger partial charge is 0.495 e. The molecule has 0 saturated carbocycles. The van der Waals surface area contributed by atoms with E-state index in [2.05, 4.69) is 20.8 Å². The van der Waals surface area contributed by atoms with Crippen LogP contribution in [-0.2, 0) is 11.3 Å². The van der Waals surface area contributed by atoms with E-state index < -0.39 is 0 Å². The molecule has 0 spiro atoms. The van der Waals surface area contributed by atoms with Crippen LogP contribution >= 0.6 is 23.1 Å². The number of amides is 1. The molecular formula is C24H19FN4O3S2. The van der Waals surface area contributed by atoms with Gasteiger partial charge in [-0.1, -0.05) is 53.4 Å². The van der Waals surface area contributed by atoms with E-state index in [0.717, 1.165) is 21.9 Å². The lowest BCUT2D eigenvalue weighted by Crippen LogP contribution is -2.14. The maximum atomic E-state index is 13.0. The van der Waals surface area contributed by atoms with Crippen molar-refractivity contribution in [2.45, 2.75) is 10.9 Å². The van der Waals surface area contributed by atoms with Gasteiger partial charge in [0.25, 0.3) is 0 Å². The number of hydrogen-bond acceptors (Lipinski definition) is 8. The normalized spacial score (nSPS) is 11.1. The molecule has 5 aromatic rings. The Hall–Kier alpha value is -3.63. The lowest BCUT2D eigenvalue weighted by molar-refractivity contribution is -0.113. The van der Waals surface area contributed by atoms with E-state index in [1.807, 2.05) is 30.3 Å². The Balaban J connectivity index is 1.21. The van der Waals surface area contributed by atoms with Gasteiger partial charge in [0, 0.05) is 23.4 Å². The fourth-order valence-corrected chi connectivity index (χ4v) is 5.00. The fraction of sp³-hybridized carbons (Fsp3) is 0.125. The van der Waals surface area contributed by atoms with E-state index in [-0.39, 0.29) is 17.5 Å². The number of benzene rings is 3. The zero-order valence-electron chi connectivity index (χ0n) is 18.0. The number of methoxy groups -OCH3 is 1. The van der Waals surface area contributed by atoms with Crippen molar-refractivity contribution in [1.82, 2.24) is 10.2 Å². The molecule has 7 nitrogen and oxygen atoms in total. The van der Waals surface area contributed by atoms with Gasteiger partial charge in [0.2, 0.25) is 11.0 Å². The third-order valence-electron chi connectivity index (χ3n) is 5.06. The Morgan fingerprint density at radius 2 is 1.91 bits per heavy atom. The van der Waals surface area contributed by atoms with Gasteiger partial charge in [0.15, 0.2) is 4.34 Å². The number of fused-ring (bicyclic) bond motifs is 3. The van der Waals surface area contributed by atoms with Crippen LogP contribution in [-0.4, -0.2) is 29.0 Å². The van der Waals surface area contributed by atoms with Gasteiger partial charge in [0.05, 0.1) is 18.6 Å². The lowest BCUT2D eigenvalue weighted by atomic mass is 10.1. The van der Waals surface area contributed by atoms with Gasteiger partial charge in [-0.05, 0) is 29.8 Å². The third-order valence-corrected chi connectivity index (χ3v) is 7.08. The fourth-order valence-electron chi connectivity index (χ4n) is 3.45. The quantitative estimate of drug-likeness (QED) is 0.259. The number of ether oxygens (including phenoxy) is 1. The van der Waals surface area contributed by atoms with E-state index in [9.17, 15) is 9.18 Å². The van der Waals surface area contributed by atoms with Crippen LogP contribution in [0.1, 0.15) is 5.56 Å². The van der Waals surface area contributed by atoms with Crippen molar-refractivity contribution in [3.05, 3.63) is 72.0 Å². The Kier molecular flexibility index (Phi) is 6.33. The molecule has 0 aliphatic rings. The molecule has 2 aromatic heterocycles. The molecule has 172 valence electrons. The van der Waals surface area contributed by atoms with Crippen LogP contribution in [0.25, 0.3) is 21.9 Å². The first kappa shape index (κ1) is 22.2. The molecule has 2 heterocycles. The molecular weight excluding hydrogens is 475 g/mol. The zero-order chi connectivity index (χ0) is 23.5. The van der Waals surface area contributed by atoms with Crippen LogP contribution in [0.5, 0.6) is 5.75 Å². The van der Waals surface area contributed by atoms with Crippen molar-refractivity contribution < 1.29 is 18.3 Å². The second-order valence-corrected chi connectivity index (χ2v) is 9.54. The molecule has 1 amide bonds. The molecule has 2 N–H and O–H groups in total. The second-order valence-electron chi connectivity index (χ2n) is 7.34. The number of carbonyl (C=O) groups is 1. The minimum atomic E-state index is -0.272. The summed E-state index contributed by atoms with van der Waals surface area (Å²) in [5.74, 6) is 0.246. The molecule has 5 rings (SSSR count). The van der Waals surface area contributed by atoms with Crippen LogP contribution in [0.2, 0.25) is 0 Å². The van der Waals surface area contributed by atoms with Crippen molar-refractivity contribution in [2.75, 3.05) is 23.5 Å². The number of furan rings is 1. The predicted molar refractivity (Wildman–Crippen MR) is 133 cm³/mol. The van der Waals surface area contributed by atoms with Crippen LogP contribution in [0, 0.1) is 5.82 Å². The monoisotopic (exact) mass is 494 g/mol. The highest BCUT2D eigenvalue weighted by Crippen LogP contribution is 2.36. The van der Waals surface area contributed by atoms with Crippen molar-refractivity contribution in [2.24, 2.45) is 0 Å². The number of hydrogen-bond donors (Lipinski definition) is 2. The average Bonchev–Trinajstić information content (AvgIpc) is 3.45. The lowest BCUT2D eigenvalue weighted by Gasteiger charge is -2.10. The summed E-state index contributed by atoms with van der Waals surface area (Å²) in [5.41, 5.74) is 2.92. The third kappa shape index (κ3) is 4.82. The number of carbonyl (C=O) groups excluding carboxylic acids is 1. The molecule has 10 heteroatoms. The summed E-state index contributed by atoms with van der Waals surface area (Å²) in [4.78, 5) is 12.6. The first-order valence-electron chi connectivity index (χ1n) is 10.3. The number of nitrogens with zero attached hydrogens (tertiary/aromatic N) is 2. The SMILES string of the molecule is COc1cc2c(cc1NC(=O)CSc1nnc(NCc3ccc(F)cc3)s1)oc1ccccc12. The molecule has 0 atom stereocenters. The minimum Gasteiger partial charge on any atom is -0.495 e. The van der Waals surface area contributed by atoms with Crippen LogP contribution in [0.4, 0.5) is 15.2 Å². The summed E-state index contributed by atoms with van der Waals surface area (Å²) in [6.45, 7) is 0.504. The number of halogens is 1. The van der Waals surface area contributed by atoms with E-state index in [4.69, 9.17) is 9.15 Å². The highest BCUT2D eigenvalue weighted by Gasteiger charge is 2.15. The number of thioether (sulfide) groups is 1. The highest BCUT2D eigenvalue weighted by atomic mass is 32.2. The maximum Gasteiger partial charge on any atom is 0.234 e. The molecule has 0 radical (unpaired) electrons. The topological polar surface area (TPSA) is 89.3 Å². The Labute approximate surface area is 202 Å². The van der Waals surface area contributed by atoms with Gasteiger partial charge in [-0.2, -0.15) is 0 Å². The van der Waals surface area contributed by atoms with E-state index in [1.54, 1.807) is 25.3 Å². The predicted octanol–water partition coefficient (Wildman–Crippen LogP) is 5.93. The second kappa shape index (κ2) is 9.70.